The molecule has 2 atom stereocenters. The van der Waals surface area contributed by atoms with E-state index in [-0.39, 0.29) is 11.6 Å². The topological polar surface area (TPSA) is 80.3 Å². The van der Waals surface area contributed by atoms with Crippen molar-refractivity contribution in [3.8, 4) is 0 Å². The summed E-state index contributed by atoms with van der Waals surface area (Å²) in [6, 6.07) is 6.34. The van der Waals surface area contributed by atoms with E-state index in [1.54, 1.807) is 12.1 Å². The predicted octanol–water partition coefficient (Wildman–Crippen LogP) is -0.341. The summed E-state index contributed by atoms with van der Waals surface area (Å²) in [6.07, 6.45) is 0. The van der Waals surface area contributed by atoms with Gasteiger partial charge < -0.3 is 9.13 Å². The molecule has 0 bridgehead atoms. The number of rotatable bonds is 3. The monoisotopic (exact) mass is 315 g/mol. The molecule has 0 radical (unpaired) electrons. The van der Waals surface area contributed by atoms with Crippen LogP contribution in [-0.4, -0.2) is 35.8 Å². The lowest BCUT2D eigenvalue weighted by Gasteiger charge is -2.40. The van der Waals surface area contributed by atoms with Crippen molar-refractivity contribution < 1.29 is 17.5 Å². The Morgan fingerprint density at radius 3 is 2.05 bits per heavy atom. The first-order chi connectivity index (χ1) is 8.55. The Morgan fingerprint density at radius 2 is 1.63 bits per heavy atom. The minimum atomic E-state index is -3.77. The van der Waals surface area contributed by atoms with Gasteiger partial charge in [-0.15, -0.1) is 0 Å². The van der Waals surface area contributed by atoms with Gasteiger partial charge in [-0.2, -0.15) is 4.72 Å². The molecule has 1 saturated heterocycles. The quantitative estimate of drug-likeness (QED) is 0.611. The molecular weight excluding hydrogens is 301 g/mol. The van der Waals surface area contributed by atoms with Crippen molar-refractivity contribution in [2.75, 3.05) is 0 Å². The van der Waals surface area contributed by atoms with Gasteiger partial charge in [-0.05, 0) is 19.1 Å². The Labute approximate surface area is 115 Å². The van der Waals surface area contributed by atoms with E-state index in [4.69, 9.17) is 0 Å². The third-order valence-corrected chi connectivity index (χ3v) is 14.7. The van der Waals surface area contributed by atoms with Crippen LogP contribution in [-0.2, 0) is 19.2 Å². The Hall–Kier alpha value is -0.215. The van der Waals surface area contributed by atoms with Crippen molar-refractivity contribution in [3.05, 3.63) is 29.8 Å². The lowest BCUT2D eigenvalue weighted by molar-refractivity contribution is 0.561. The van der Waals surface area contributed by atoms with E-state index in [1.165, 1.54) is 27.3 Å². The Morgan fingerprint density at radius 1 is 1.16 bits per heavy atom. The van der Waals surface area contributed by atoms with Gasteiger partial charge in [0.1, 0.15) is 0 Å². The summed E-state index contributed by atoms with van der Waals surface area (Å²) in [4.78, 5) is 0.102. The van der Waals surface area contributed by atoms with Gasteiger partial charge in [0.2, 0.25) is 10.0 Å². The number of hydrogen-bond acceptors (Lipinski definition) is 4. The summed E-state index contributed by atoms with van der Waals surface area (Å²) >= 11 is 0. The molecule has 11 heteroatoms. The van der Waals surface area contributed by atoms with Crippen molar-refractivity contribution in [1.29, 1.82) is 0 Å². The lowest BCUT2D eigenvalue weighted by atomic mass is 10.2. The second-order valence-corrected chi connectivity index (χ2v) is 14.3. The van der Waals surface area contributed by atoms with Gasteiger partial charge >= 0.3 is 0 Å². The minimum absolute atomic E-state index is 0.102. The number of sulfonamides is 1. The maximum Gasteiger partial charge on any atom is 0.258 e. The summed E-state index contributed by atoms with van der Waals surface area (Å²) in [5, 5.41) is 0. The second kappa shape index (κ2) is 4.66. The van der Waals surface area contributed by atoms with Crippen molar-refractivity contribution in [1.82, 2.24) is 4.72 Å². The molecule has 0 amide bonds. The summed E-state index contributed by atoms with van der Waals surface area (Å²) in [5.74, 6) is 0. The van der Waals surface area contributed by atoms with Gasteiger partial charge in [0, 0.05) is 13.8 Å². The molecule has 0 aromatic heterocycles. The molecule has 1 N–H and O–H groups in total. The first-order valence-corrected chi connectivity index (χ1v) is 12.1. The van der Waals surface area contributed by atoms with Gasteiger partial charge in [-0.1, -0.05) is 17.7 Å². The largest absolute Gasteiger partial charge is 0.342 e. The average molecular weight is 315 g/mol. The Balaban J connectivity index is 2.30. The highest BCUT2D eigenvalue weighted by Gasteiger charge is 2.55. The van der Waals surface area contributed by atoms with Crippen molar-refractivity contribution in [2.45, 2.75) is 17.3 Å². The highest BCUT2D eigenvalue weighted by Crippen LogP contribution is 2.76. The highest BCUT2D eigenvalue weighted by atomic mass is 32.2. The first kappa shape index (κ1) is 15.2. The van der Waals surface area contributed by atoms with Gasteiger partial charge in [-0.25, -0.2) is 8.42 Å². The second-order valence-electron chi connectivity index (χ2n) is 5.30. The van der Waals surface area contributed by atoms with E-state index in [9.17, 15) is 17.5 Å². The van der Waals surface area contributed by atoms with Crippen LogP contribution in [0.4, 0.5) is 0 Å². The van der Waals surface area contributed by atoms with Crippen LogP contribution in [0, 0.1) is 6.92 Å². The Kier molecular flexibility index (Phi) is 3.72. The van der Waals surface area contributed by atoms with Gasteiger partial charge in [0.15, 0.2) is 15.1 Å². The molecule has 0 aliphatic carbocycles. The molecule has 1 aromatic carbocycles. The van der Waals surface area contributed by atoms with Gasteiger partial charge in [-0.3, -0.25) is 0 Å². The van der Waals surface area contributed by atoms with Crippen LogP contribution in [0.5, 0.6) is 0 Å². The number of benzene rings is 1. The maximum atomic E-state index is 12.2. The van der Waals surface area contributed by atoms with Gasteiger partial charge in [0.05, 0.1) is 10.4 Å². The standard InChI is InChI=1S/C8H14B3NO4P2S/c1-6-2-4-7(5-3-6)19(15,16)12-8-17(9,13)11-18(8,10)14/h2-5,8,11-12H,9-10H2,1H3. The Bertz CT molecular complexity index is 683. The summed E-state index contributed by atoms with van der Waals surface area (Å²) in [7, 11) is -0.784. The molecule has 100 valence electrons. The molecule has 1 heterocycles. The van der Waals surface area contributed by atoms with Crippen LogP contribution >= 0.6 is 13.8 Å². The third-order valence-electron chi connectivity index (χ3n) is 3.19. The van der Waals surface area contributed by atoms with E-state index in [0.29, 0.717) is 0 Å². The molecule has 0 saturated carbocycles. The van der Waals surface area contributed by atoms with Crippen molar-refractivity contribution >= 4 is 45.7 Å². The molecule has 2 rings (SSSR count). The molecule has 1 aromatic rings. The number of nitrogens with one attached hydrogen (secondary N) is 1. The number of aryl methyl sites for hydroxylation is 1. The molecule has 0 spiro atoms. The fraction of sp³-hybridized carbons (Fsp3) is 0.250. The van der Waals surface area contributed by atoms with E-state index >= 15 is 0 Å². The average Bonchev–Trinajstić information content (AvgIpc) is 2.25. The fourth-order valence-electron chi connectivity index (χ4n) is 2.28. The van der Waals surface area contributed by atoms with Crippen molar-refractivity contribution in [3.63, 3.8) is 0 Å². The highest BCUT2D eigenvalue weighted by molar-refractivity contribution is 8.46. The zero-order chi connectivity index (χ0) is 14.5. The third kappa shape index (κ3) is 2.95. The summed E-state index contributed by atoms with van der Waals surface area (Å²) < 4.78 is 50.9. The fourth-order valence-corrected chi connectivity index (χ4v) is 14.9. The SMILES string of the molecule is BP1(=O)BP(B)(=O)C1NS(=O)(=O)c1ccc(C)cc1. The van der Waals surface area contributed by atoms with Crippen LogP contribution in [0.15, 0.2) is 29.2 Å². The lowest BCUT2D eigenvalue weighted by Crippen LogP contribution is -2.42. The van der Waals surface area contributed by atoms with E-state index in [1.807, 2.05) is 6.92 Å². The molecule has 5 nitrogen and oxygen atoms in total. The maximum absolute atomic E-state index is 12.2. The van der Waals surface area contributed by atoms with Crippen molar-refractivity contribution in [2.24, 2.45) is 0 Å². The first-order valence-electron chi connectivity index (χ1n) is 5.76. The van der Waals surface area contributed by atoms with E-state index < -0.39 is 29.3 Å². The smallest absolute Gasteiger partial charge is 0.258 e. The zero-order valence-corrected chi connectivity index (χ0v) is 13.6. The summed E-state index contributed by atoms with van der Waals surface area (Å²) in [6.45, 7) is -3.36. The van der Waals surface area contributed by atoms with Crippen LogP contribution in [0.3, 0.4) is 0 Å². The molecule has 19 heavy (non-hydrogen) atoms. The van der Waals surface area contributed by atoms with E-state index in [0.717, 1.165) is 5.56 Å². The summed E-state index contributed by atoms with van der Waals surface area (Å²) in [5.41, 5.74) is 0.0382. The minimum Gasteiger partial charge on any atom is -0.342 e. The van der Waals surface area contributed by atoms with E-state index in [2.05, 4.69) is 4.72 Å². The van der Waals surface area contributed by atoms with Crippen LogP contribution < -0.4 is 4.72 Å². The van der Waals surface area contributed by atoms with Crippen LogP contribution in [0.2, 0.25) is 0 Å². The molecule has 1 aliphatic rings. The molecule has 2 unspecified atom stereocenters. The zero-order valence-electron chi connectivity index (χ0n) is 11.0. The van der Waals surface area contributed by atoms with Crippen LogP contribution in [0.1, 0.15) is 5.56 Å². The number of hydrogen-bond donors (Lipinski definition) is 1. The normalized spacial score (nSPS) is 34.3. The predicted molar refractivity (Wildman–Crippen MR) is 84.7 cm³/mol. The van der Waals surface area contributed by atoms with Crippen LogP contribution in [0.25, 0.3) is 0 Å². The molecule has 1 fully saturated rings. The molecule has 1 aliphatic heterocycles. The van der Waals surface area contributed by atoms with Gasteiger partial charge in [0.25, 0.3) is 6.72 Å². The molecular formula is C8H14B3NO4P2S.